The molecule has 3 N–H and O–H groups in total. The van der Waals surface area contributed by atoms with Gasteiger partial charge in [0, 0.05) is 23.9 Å². The number of aromatic nitrogens is 3. The molecule has 1 aliphatic heterocycles. The minimum atomic E-state index is -4.58. The van der Waals surface area contributed by atoms with Crippen molar-refractivity contribution < 1.29 is 22.8 Å². The van der Waals surface area contributed by atoms with Crippen LogP contribution in [0.2, 0.25) is 5.02 Å². The smallest absolute Gasteiger partial charge is 0.355 e. The Morgan fingerprint density at radius 1 is 1.23 bits per heavy atom. The topological polar surface area (TPSA) is 109 Å². The molecule has 8 nitrogen and oxygen atoms in total. The zero-order valence-electron chi connectivity index (χ0n) is 18.0. The summed E-state index contributed by atoms with van der Waals surface area (Å²) >= 11 is 6.87. The third-order valence-electron chi connectivity index (χ3n) is 5.07. The summed E-state index contributed by atoms with van der Waals surface area (Å²) in [4.78, 5) is 37.4. The van der Waals surface area contributed by atoms with E-state index >= 15 is 0 Å². The number of halogens is 4. The Hall–Kier alpha value is -3.51. The first-order valence-corrected chi connectivity index (χ1v) is 11.5. The Balaban J connectivity index is 1.40. The van der Waals surface area contributed by atoms with Gasteiger partial charge in [-0.2, -0.15) is 13.2 Å². The Bertz CT molecular complexity index is 1310. The van der Waals surface area contributed by atoms with Gasteiger partial charge in [0.25, 0.3) is 5.91 Å². The average molecular weight is 523 g/mol. The molecule has 2 amide bonds. The highest BCUT2D eigenvalue weighted by molar-refractivity contribution is 7.12. The maximum Gasteiger partial charge on any atom is 0.417 e. The van der Waals surface area contributed by atoms with Crippen molar-refractivity contribution in [3.63, 3.8) is 0 Å². The molecular formula is C22H18ClF3N6O2S. The Kier molecular flexibility index (Phi) is 7.03. The van der Waals surface area contributed by atoms with Crippen molar-refractivity contribution in [1.29, 1.82) is 0 Å². The largest absolute Gasteiger partial charge is 0.417 e. The van der Waals surface area contributed by atoms with Gasteiger partial charge in [-0.25, -0.2) is 15.0 Å². The molecule has 0 fully saturated rings. The van der Waals surface area contributed by atoms with E-state index in [-0.39, 0.29) is 23.8 Å². The molecule has 0 atom stereocenters. The first-order chi connectivity index (χ1) is 16.6. The normalized spacial score (nSPS) is 13.4. The number of fused-ring (bicyclic) bond motifs is 1. The van der Waals surface area contributed by atoms with Crippen molar-refractivity contribution in [2.24, 2.45) is 0 Å². The molecule has 2 aromatic heterocycles. The van der Waals surface area contributed by atoms with Gasteiger partial charge in [-0.1, -0.05) is 18.2 Å². The number of nitrogens with zero attached hydrogens (tertiary/aromatic N) is 3. The highest BCUT2D eigenvalue weighted by Crippen LogP contribution is 2.37. The fraction of sp³-hybridized carbons (Fsp3) is 0.227. The van der Waals surface area contributed by atoms with Crippen LogP contribution in [0.25, 0.3) is 5.70 Å². The lowest BCUT2D eigenvalue weighted by Gasteiger charge is -2.13. The number of carbonyl (C=O) groups excluding carboxylic acids is 2. The van der Waals surface area contributed by atoms with E-state index in [4.69, 9.17) is 11.6 Å². The lowest BCUT2D eigenvalue weighted by atomic mass is 10.1. The number of carbonyl (C=O) groups is 2. The van der Waals surface area contributed by atoms with E-state index in [0.29, 0.717) is 46.2 Å². The fourth-order valence-electron chi connectivity index (χ4n) is 3.40. The summed E-state index contributed by atoms with van der Waals surface area (Å²) in [6.07, 6.45) is -0.447. The Labute approximate surface area is 206 Å². The number of anilines is 2. The van der Waals surface area contributed by atoms with Crippen molar-refractivity contribution in [2.45, 2.75) is 32.0 Å². The van der Waals surface area contributed by atoms with Gasteiger partial charge in [-0.3, -0.25) is 9.59 Å². The fourth-order valence-corrected chi connectivity index (χ4v) is 4.41. The minimum absolute atomic E-state index is 0.0983. The minimum Gasteiger partial charge on any atom is -0.355 e. The van der Waals surface area contributed by atoms with Crippen LogP contribution in [0.3, 0.4) is 0 Å². The molecule has 13 heteroatoms. The van der Waals surface area contributed by atoms with E-state index in [0.717, 1.165) is 12.1 Å². The third kappa shape index (κ3) is 5.77. The average Bonchev–Trinajstić information content (AvgIpc) is 3.19. The van der Waals surface area contributed by atoms with E-state index in [2.05, 4.69) is 37.5 Å². The first kappa shape index (κ1) is 24.6. The summed E-state index contributed by atoms with van der Waals surface area (Å²) in [6, 6.07) is 3.48. The molecule has 1 aliphatic rings. The molecule has 4 rings (SSSR count). The number of nitrogens with one attached hydrogen (secondary N) is 3. The van der Waals surface area contributed by atoms with Gasteiger partial charge in [0.15, 0.2) is 0 Å². The van der Waals surface area contributed by atoms with Crippen LogP contribution in [-0.2, 0) is 23.9 Å². The monoisotopic (exact) mass is 522 g/mol. The van der Waals surface area contributed by atoms with Gasteiger partial charge in [0.1, 0.15) is 22.8 Å². The van der Waals surface area contributed by atoms with E-state index in [1.807, 2.05) is 0 Å². The highest BCUT2D eigenvalue weighted by atomic mass is 35.5. The summed E-state index contributed by atoms with van der Waals surface area (Å²) < 4.78 is 39.3. The van der Waals surface area contributed by atoms with Gasteiger partial charge < -0.3 is 16.0 Å². The van der Waals surface area contributed by atoms with Gasteiger partial charge in [-0.05, 0) is 31.0 Å². The van der Waals surface area contributed by atoms with E-state index < -0.39 is 22.7 Å². The molecule has 0 aliphatic carbocycles. The predicted molar refractivity (Wildman–Crippen MR) is 126 cm³/mol. The molecule has 0 spiro atoms. The van der Waals surface area contributed by atoms with Crippen molar-refractivity contribution in [3.05, 3.63) is 69.0 Å². The van der Waals surface area contributed by atoms with Gasteiger partial charge in [0.2, 0.25) is 5.91 Å². The quantitative estimate of drug-likeness (QED) is 0.425. The molecule has 0 saturated carbocycles. The molecule has 0 unspecified atom stereocenters. The Morgan fingerprint density at radius 3 is 2.80 bits per heavy atom. The van der Waals surface area contributed by atoms with E-state index in [1.165, 1.54) is 29.9 Å². The van der Waals surface area contributed by atoms with Crippen LogP contribution in [0.4, 0.5) is 24.7 Å². The number of rotatable bonds is 6. The van der Waals surface area contributed by atoms with Gasteiger partial charge in [0.05, 0.1) is 27.7 Å². The van der Waals surface area contributed by atoms with Crippen LogP contribution in [0.1, 0.15) is 44.3 Å². The van der Waals surface area contributed by atoms with Crippen LogP contribution in [0.15, 0.2) is 37.3 Å². The Morgan fingerprint density at radius 2 is 2.03 bits per heavy atom. The molecular weight excluding hydrogens is 505 g/mol. The zero-order valence-corrected chi connectivity index (χ0v) is 19.6. The SMILES string of the molecule is C=C(Nc1ccc(Cl)c(C(F)(F)F)c1)c1cnc(CNC(=O)c2ncnc3c2CCCC(=O)N3)s1. The summed E-state index contributed by atoms with van der Waals surface area (Å²) in [5, 5.41) is 8.40. The number of benzene rings is 1. The molecule has 35 heavy (non-hydrogen) atoms. The van der Waals surface area contributed by atoms with Gasteiger partial charge >= 0.3 is 6.18 Å². The van der Waals surface area contributed by atoms with Crippen molar-refractivity contribution in [2.75, 3.05) is 10.6 Å². The van der Waals surface area contributed by atoms with Crippen LogP contribution in [0, 0.1) is 0 Å². The van der Waals surface area contributed by atoms with Gasteiger partial charge in [-0.15, -0.1) is 11.3 Å². The lowest BCUT2D eigenvalue weighted by molar-refractivity contribution is -0.137. The molecule has 182 valence electrons. The highest BCUT2D eigenvalue weighted by Gasteiger charge is 2.33. The van der Waals surface area contributed by atoms with E-state index in [9.17, 15) is 22.8 Å². The second-order valence-electron chi connectivity index (χ2n) is 7.55. The summed E-state index contributed by atoms with van der Waals surface area (Å²) in [5.74, 6) is -0.261. The van der Waals surface area contributed by atoms with Crippen LogP contribution in [-0.4, -0.2) is 26.8 Å². The maximum atomic E-state index is 13.1. The molecule has 0 saturated heterocycles. The van der Waals surface area contributed by atoms with Crippen molar-refractivity contribution in [1.82, 2.24) is 20.3 Å². The molecule has 0 radical (unpaired) electrons. The summed E-state index contributed by atoms with van der Waals surface area (Å²) in [5.41, 5.74) is 0.323. The predicted octanol–water partition coefficient (Wildman–Crippen LogP) is 4.89. The van der Waals surface area contributed by atoms with Crippen LogP contribution < -0.4 is 16.0 Å². The lowest BCUT2D eigenvalue weighted by Crippen LogP contribution is -2.25. The molecule has 3 heterocycles. The number of hydrogen-bond donors (Lipinski definition) is 3. The number of amides is 2. The maximum absolute atomic E-state index is 13.1. The third-order valence-corrected chi connectivity index (χ3v) is 6.45. The second kappa shape index (κ2) is 10.0. The second-order valence-corrected chi connectivity index (χ2v) is 9.07. The van der Waals surface area contributed by atoms with Crippen LogP contribution in [0.5, 0.6) is 0 Å². The number of thiazole rings is 1. The van der Waals surface area contributed by atoms with Crippen molar-refractivity contribution >= 4 is 52.0 Å². The number of hydrogen-bond acceptors (Lipinski definition) is 7. The molecule has 3 aromatic rings. The zero-order chi connectivity index (χ0) is 25.2. The standard InChI is InChI=1S/C22H18ClF3N6O2S/c1-11(31-12-5-6-15(23)14(7-12)22(24,25)26)16-8-27-18(35-16)9-28-21(34)19-13-3-2-4-17(33)32-20(13)30-10-29-19/h5-8,10,31H,1-4,9H2,(H,28,34)(H,29,30,32,33). The van der Waals surface area contributed by atoms with Crippen molar-refractivity contribution in [3.8, 4) is 0 Å². The number of alkyl halides is 3. The first-order valence-electron chi connectivity index (χ1n) is 10.3. The molecule has 1 aromatic carbocycles. The summed E-state index contributed by atoms with van der Waals surface area (Å²) in [7, 11) is 0. The van der Waals surface area contributed by atoms with Crippen LogP contribution >= 0.6 is 22.9 Å². The van der Waals surface area contributed by atoms with E-state index in [1.54, 1.807) is 0 Å². The molecule has 0 bridgehead atoms. The summed E-state index contributed by atoms with van der Waals surface area (Å²) in [6.45, 7) is 3.96.